The molecule has 1 N–H and O–H groups in total. The molecular formula is C15H30N2. The monoisotopic (exact) mass is 238 g/mol. The molecule has 0 radical (unpaired) electrons. The van der Waals surface area contributed by atoms with Crippen LogP contribution in [0.25, 0.3) is 0 Å². The third-order valence-corrected chi connectivity index (χ3v) is 4.66. The molecule has 2 atom stereocenters. The van der Waals surface area contributed by atoms with Crippen LogP contribution in [0.2, 0.25) is 0 Å². The Hall–Kier alpha value is -0.0800. The molecule has 0 spiro atoms. The lowest BCUT2D eigenvalue weighted by atomic mass is 9.85. The smallest absolute Gasteiger partial charge is 0.0124 e. The van der Waals surface area contributed by atoms with Gasteiger partial charge in [-0.1, -0.05) is 32.6 Å². The van der Waals surface area contributed by atoms with Crippen LogP contribution >= 0.6 is 0 Å². The Morgan fingerprint density at radius 2 is 1.94 bits per heavy atom. The molecule has 2 aliphatic rings. The second-order valence-electron chi connectivity index (χ2n) is 5.89. The van der Waals surface area contributed by atoms with Gasteiger partial charge in [0.2, 0.25) is 0 Å². The fourth-order valence-corrected chi connectivity index (χ4v) is 3.63. The molecule has 2 unspecified atom stereocenters. The first-order chi connectivity index (χ1) is 8.42. The zero-order valence-electron chi connectivity index (χ0n) is 11.6. The molecule has 0 aromatic heterocycles. The van der Waals surface area contributed by atoms with E-state index in [1.807, 2.05) is 0 Å². The number of nitrogens with zero attached hydrogens (tertiary/aromatic N) is 1. The number of hydrogen-bond acceptors (Lipinski definition) is 2. The van der Waals surface area contributed by atoms with E-state index in [9.17, 15) is 0 Å². The van der Waals surface area contributed by atoms with Crippen LogP contribution in [0.5, 0.6) is 0 Å². The van der Waals surface area contributed by atoms with Gasteiger partial charge in [0.05, 0.1) is 0 Å². The number of hydrogen-bond donors (Lipinski definition) is 1. The Balaban J connectivity index is 1.56. The third-order valence-electron chi connectivity index (χ3n) is 4.66. The average Bonchev–Trinajstić information content (AvgIpc) is 2.77. The minimum atomic E-state index is 0.946. The molecule has 17 heavy (non-hydrogen) atoms. The van der Waals surface area contributed by atoms with E-state index < -0.39 is 0 Å². The predicted octanol–water partition coefficient (Wildman–Crippen LogP) is 3.03. The van der Waals surface area contributed by atoms with Gasteiger partial charge in [0, 0.05) is 19.1 Å². The number of nitrogens with one attached hydrogen (secondary N) is 1. The molecule has 2 fully saturated rings. The van der Waals surface area contributed by atoms with Crippen molar-refractivity contribution in [2.45, 2.75) is 64.3 Å². The summed E-state index contributed by atoms with van der Waals surface area (Å²) in [4.78, 5) is 2.76. The Morgan fingerprint density at radius 1 is 1.06 bits per heavy atom. The molecule has 1 heterocycles. The maximum absolute atomic E-state index is 3.60. The predicted molar refractivity (Wildman–Crippen MR) is 74.3 cm³/mol. The minimum Gasteiger partial charge on any atom is -0.315 e. The number of rotatable bonds is 7. The van der Waals surface area contributed by atoms with Crippen molar-refractivity contribution in [3.05, 3.63) is 0 Å². The van der Waals surface area contributed by atoms with E-state index in [2.05, 4.69) is 17.1 Å². The van der Waals surface area contributed by atoms with Gasteiger partial charge in [0.25, 0.3) is 0 Å². The van der Waals surface area contributed by atoms with E-state index in [4.69, 9.17) is 0 Å². The van der Waals surface area contributed by atoms with E-state index in [0.29, 0.717) is 0 Å². The van der Waals surface area contributed by atoms with E-state index in [0.717, 1.165) is 12.0 Å². The Labute approximate surface area is 107 Å². The molecule has 0 aromatic carbocycles. The van der Waals surface area contributed by atoms with Crippen LogP contribution in [0.15, 0.2) is 0 Å². The van der Waals surface area contributed by atoms with Crippen molar-refractivity contribution in [2.75, 3.05) is 26.2 Å². The molecule has 1 saturated heterocycles. The largest absolute Gasteiger partial charge is 0.315 e. The SMILES string of the molecule is CCCCCNCCN1CCC2CCCCC21. The first-order valence-electron chi connectivity index (χ1n) is 7.86. The zero-order valence-corrected chi connectivity index (χ0v) is 11.6. The summed E-state index contributed by atoms with van der Waals surface area (Å²) < 4.78 is 0. The summed E-state index contributed by atoms with van der Waals surface area (Å²) in [5.41, 5.74) is 0. The summed E-state index contributed by atoms with van der Waals surface area (Å²) in [5.74, 6) is 1.05. The molecule has 2 nitrogen and oxygen atoms in total. The summed E-state index contributed by atoms with van der Waals surface area (Å²) in [5, 5.41) is 3.60. The van der Waals surface area contributed by atoms with Gasteiger partial charge in [-0.2, -0.15) is 0 Å². The van der Waals surface area contributed by atoms with Crippen LogP contribution in [-0.4, -0.2) is 37.1 Å². The maximum atomic E-state index is 3.60. The van der Waals surface area contributed by atoms with Crippen molar-refractivity contribution >= 4 is 0 Å². The average molecular weight is 238 g/mol. The van der Waals surface area contributed by atoms with Crippen molar-refractivity contribution in [2.24, 2.45) is 5.92 Å². The normalized spacial score (nSPS) is 29.5. The van der Waals surface area contributed by atoms with E-state index in [1.54, 1.807) is 0 Å². The molecule has 100 valence electrons. The van der Waals surface area contributed by atoms with E-state index in [-0.39, 0.29) is 0 Å². The molecule has 0 bridgehead atoms. The highest BCUT2D eigenvalue weighted by atomic mass is 15.2. The topological polar surface area (TPSA) is 15.3 Å². The first kappa shape index (κ1) is 13.4. The summed E-state index contributed by atoms with van der Waals surface area (Å²) in [6.07, 6.45) is 11.5. The maximum Gasteiger partial charge on any atom is 0.0124 e. The molecular weight excluding hydrogens is 208 g/mol. The van der Waals surface area contributed by atoms with Gasteiger partial charge >= 0.3 is 0 Å². The van der Waals surface area contributed by atoms with Crippen LogP contribution in [0.1, 0.15) is 58.3 Å². The highest BCUT2D eigenvalue weighted by molar-refractivity contribution is 4.89. The van der Waals surface area contributed by atoms with Gasteiger partial charge in [-0.25, -0.2) is 0 Å². The Morgan fingerprint density at radius 3 is 2.82 bits per heavy atom. The van der Waals surface area contributed by atoms with Crippen molar-refractivity contribution < 1.29 is 0 Å². The summed E-state index contributed by atoms with van der Waals surface area (Å²) in [6, 6.07) is 0.946. The molecule has 1 saturated carbocycles. The lowest BCUT2D eigenvalue weighted by Gasteiger charge is -2.31. The van der Waals surface area contributed by atoms with Crippen LogP contribution in [-0.2, 0) is 0 Å². The highest BCUT2D eigenvalue weighted by Gasteiger charge is 2.34. The lowest BCUT2D eigenvalue weighted by Crippen LogP contribution is -2.39. The van der Waals surface area contributed by atoms with Gasteiger partial charge in [0.15, 0.2) is 0 Å². The van der Waals surface area contributed by atoms with Crippen LogP contribution in [0.4, 0.5) is 0 Å². The quantitative estimate of drug-likeness (QED) is 0.686. The number of fused-ring (bicyclic) bond motifs is 1. The standard InChI is InChI=1S/C15H30N2/c1-2-3-6-10-16-11-13-17-12-9-14-7-4-5-8-15(14)17/h14-16H,2-13H2,1H3. The molecule has 2 heteroatoms. The molecule has 0 aromatic rings. The van der Waals surface area contributed by atoms with Crippen LogP contribution < -0.4 is 5.32 Å². The van der Waals surface area contributed by atoms with Crippen molar-refractivity contribution in [1.29, 1.82) is 0 Å². The fraction of sp³-hybridized carbons (Fsp3) is 1.00. The lowest BCUT2D eigenvalue weighted by molar-refractivity contribution is 0.183. The fourth-order valence-electron chi connectivity index (χ4n) is 3.63. The molecule has 1 aliphatic heterocycles. The van der Waals surface area contributed by atoms with Gasteiger partial charge in [0.1, 0.15) is 0 Å². The second-order valence-corrected chi connectivity index (χ2v) is 5.89. The summed E-state index contributed by atoms with van der Waals surface area (Å²) in [6.45, 7) is 7.34. The highest BCUT2D eigenvalue weighted by Crippen LogP contribution is 2.35. The van der Waals surface area contributed by atoms with Crippen molar-refractivity contribution in [3.8, 4) is 0 Å². The van der Waals surface area contributed by atoms with E-state index in [1.165, 1.54) is 77.5 Å². The van der Waals surface area contributed by atoms with Crippen LogP contribution in [0.3, 0.4) is 0 Å². The number of unbranched alkanes of at least 4 members (excludes halogenated alkanes) is 2. The van der Waals surface area contributed by atoms with Crippen molar-refractivity contribution in [3.63, 3.8) is 0 Å². The van der Waals surface area contributed by atoms with Gasteiger partial charge in [-0.15, -0.1) is 0 Å². The molecule has 2 rings (SSSR count). The van der Waals surface area contributed by atoms with Gasteiger partial charge in [-0.05, 0) is 44.7 Å². The minimum absolute atomic E-state index is 0.946. The molecule has 0 amide bonds. The van der Waals surface area contributed by atoms with Crippen LogP contribution in [0, 0.1) is 5.92 Å². The van der Waals surface area contributed by atoms with Gasteiger partial charge in [-0.3, -0.25) is 4.90 Å². The van der Waals surface area contributed by atoms with E-state index >= 15 is 0 Å². The first-order valence-corrected chi connectivity index (χ1v) is 7.86. The summed E-state index contributed by atoms with van der Waals surface area (Å²) >= 11 is 0. The second kappa shape index (κ2) is 7.38. The molecule has 1 aliphatic carbocycles. The van der Waals surface area contributed by atoms with Gasteiger partial charge < -0.3 is 5.32 Å². The number of likely N-dealkylation sites (tertiary alicyclic amines) is 1. The Bertz CT molecular complexity index is 205. The van der Waals surface area contributed by atoms with Crippen molar-refractivity contribution in [1.82, 2.24) is 10.2 Å². The third kappa shape index (κ3) is 3.96. The summed E-state index contributed by atoms with van der Waals surface area (Å²) in [7, 11) is 0. The Kier molecular flexibility index (Phi) is 5.79. The zero-order chi connectivity index (χ0) is 11.9.